The van der Waals surface area contributed by atoms with Gasteiger partial charge < -0.3 is 15.8 Å². The van der Waals surface area contributed by atoms with Crippen LogP contribution in [0.5, 0.6) is 0 Å². The summed E-state index contributed by atoms with van der Waals surface area (Å²) in [6.45, 7) is 4.81. The van der Waals surface area contributed by atoms with Gasteiger partial charge in [0.2, 0.25) is 5.91 Å². The van der Waals surface area contributed by atoms with Crippen LogP contribution in [0.15, 0.2) is 0 Å². The number of nitrogens with two attached hydrogens (primary N) is 1. The summed E-state index contributed by atoms with van der Waals surface area (Å²) in [5.41, 5.74) is 5.97. The van der Waals surface area contributed by atoms with Crippen molar-refractivity contribution in [2.24, 2.45) is 17.6 Å². The maximum absolute atomic E-state index is 12.1. The van der Waals surface area contributed by atoms with Crippen LogP contribution in [0.2, 0.25) is 0 Å². The monoisotopic (exact) mass is 242 g/mol. The van der Waals surface area contributed by atoms with Gasteiger partial charge in [-0.3, -0.25) is 4.79 Å². The number of nitrogens with one attached hydrogen (secondary N) is 1. The van der Waals surface area contributed by atoms with E-state index in [0.29, 0.717) is 12.5 Å². The maximum Gasteiger partial charge on any atom is 0.223 e. The number of carbonyl (C=O) groups is 1. The summed E-state index contributed by atoms with van der Waals surface area (Å²) in [7, 11) is 1.66. The molecule has 0 aromatic heterocycles. The van der Waals surface area contributed by atoms with Gasteiger partial charge in [0.25, 0.3) is 0 Å². The van der Waals surface area contributed by atoms with Crippen LogP contribution in [0.4, 0.5) is 0 Å². The molecule has 4 atom stereocenters. The highest BCUT2D eigenvalue weighted by molar-refractivity contribution is 5.79. The molecule has 17 heavy (non-hydrogen) atoms. The second kappa shape index (κ2) is 6.97. The zero-order valence-electron chi connectivity index (χ0n) is 11.2. The molecule has 4 unspecified atom stereocenters. The molecule has 1 rings (SSSR count). The van der Waals surface area contributed by atoms with E-state index in [4.69, 9.17) is 10.5 Å². The molecule has 1 aliphatic carbocycles. The average molecular weight is 242 g/mol. The molecule has 1 saturated carbocycles. The van der Waals surface area contributed by atoms with Crippen LogP contribution in [0.1, 0.15) is 39.5 Å². The molecule has 0 aromatic rings. The van der Waals surface area contributed by atoms with Crippen LogP contribution in [0.3, 0.4) is 0 Å². The predicted molar refractivity (Wildman–Crippen MR) is 68.6 cm³/mol. The SMILES string of the molecule is CCC(COC)NC(=O)C1CC(C)CC(N)C1. The standard InChI is InChI=1S/C13H26N2O2/c1-4-12(8-17-3)15-13(16)10-5-9(2)6-11(14)7-10/h9-12H,4-8,14H2,1-3H3,(H,15,16). The topological polar surface area (TPSA) is 64.3 Å². The second-order valence-electron chi connectivity index (χ2n) is 5.34. The van der Waals surface area contributed by atoms with Crippen molar-refractivity contribution in [3.8, 4) is 0 Å². The smallest absolute Gasteiger partial charge is 0.223 e. The Kier molecular flexibility index (Phi) is 5.92. The lowest BCUT2D eigenvalue weighted by atomic mass is 9.79. The molecule has 0 saturated heterocycles. The van der Waals surface area contributed by atoms with Crippen molar-refractivity contribution in [2.75, 3.05) is 13.7 Å². The second-order valence-corrected chi connectivity index (χ2v) is 5.34. The first-order chi connectivity index (χ1) is 8.06. The number of ether oxygens (including phenoxy) is 1. The molecule has 1 amide bonds. The highest BCUT2D eigenvalue weighted by Crippen LogP contribution is 2.28. The third kappa shape index (κ3) is 4.64. The van der Waals surface area contributed by atoms with Crippen LogP contribution >= 0.6 is 0 Å². The number of hydrogen-bond donors (Lipinski definition) is 2. The molecular formula is C13H26N2O2. The van der Waals surface area contributed by atoms with Crippen LogP contribution in [0, 0.1) is 11.8 Å². The van der Waals surface area contributed by atoms with Crippen LogP contribution < -0.4 is 11.1 Å². The molecule has 3 N–H and O–H groups in total. The minimum atomic E-state index is 0.0830. The molecule has 0 aromatic carbocycles. The summed E-state index contributed by atoms with van der Waals surface area (Å²) >= 11 is 0. The van der Waals surface area contributed by atoms with Crippen molar-refractivity contribution in [2.45, 2.75) is 51.6 Å². The van der Waals surface area contributed by atoms with Gasteiger partial charge in [0, 0.05) is 19.1 Å². The van der Waals surface area contributed by atoms with Gasteiger partial charge in [-0.05, 0) is 31.6 Å². The number of carbonyl (C=O) groups excluding carboxylic acids is 1. The van der Waals surface area contributed by atoms with E-state index in [1.54, 1.807) is 7.11 Å². The fourth-order valence-corrected chi connectivity index (χ4v) is 2.65. The van der Waals surface area contributed by atoms with Crippen molar-refractivity contribution >= 4 is 5.91 Å². The van der Waals surface area contributed by atoms with Gasteiger partial charge >= 0.3 is 0 Å². The molecule has 1 aliphatic rings. The zero-order valence-corrected chi connectivity index (χ0v) is 11.2. The molecule has 100 valence electrons. The van der Waals surface area contributed by atoms with Gasteiger partial charge in [-0.15, -0.1) is 0 Å². The van der Waals surface area contributed by atoms with Gasteiger partial charge in [-0.25, -0.2) is 0 Å². The van der Waals surface area contributed by atoms with Crippen molar-refractivity contribution in [3.05, 3.63) is 0 Å². The minimum absolute atomic E-state index is 0.0830. The summed E-state index contributed by atoms with van der Waals surface area (Å²) in [5.74, 6) is 0.785. The fraction of sp³-hybridized carbons (Fsp3) is 0.923. The Labute approximate surface area is 104 Å². The summed E-state index contributed by atoms with van der Waals surface area (Å²) in [4.78, 5) is 12.1. The molecule has 0 bridgehead atoms. The third-order valence-electron chi connectivity index (χ3n) is 3.56. The summed E-state index contributed by atoms with van der Waals surface area (Å²) < 4.78 is 5.09. The zero-order chi connectivity index (χ0) is 12.8. The Morgan fingerprint density at radius 3 is 2.71 bits per heavy atom. The normalized spacial score (nSPS) is 30.9. The average Bonchev–Trinajstić information content (AvgIpc) is 2.27. The number of methoxy groups -OCH3 is 1. The molecule has 0 aliphatic heterocycles. The van der Waals surface area contributed by atoms with Gasteiger partial charge in [0.1, 0.15) is 0 Å². The van der Waals surface area contributed by atoms with E-state index in [-0.39, 0.29) is 23.9 Å². The van der Waals surface area contributed by atoms with Crippen molar-refractivity contribution in [1.82, 2.24) is 5.32 Å². The molecule has 4 heteroatoms. The minimum Gasteiger partial charge on any atom is -0.383 e. The van der Waals surface area contributed by atoms with Crippen molar-refractivity contribution in [1.29, 1.82) is 0 Å². The number of hydrogen-bond acceptors (Lipinski definition) is 3. The molecule has 0 radical (unpaired) electrons. The van der Waals surface area contributed by atoms with E-state index >= 15 is 0 Å². The van der Waals surface area contributed by atoms with Crippen LogP contribution in [0.25, 0.3) is 0 Å². The Hall–Kier alpha value is -0.610. The summed E-state index contributed by atoms with van der Waals surface area (Å²) in [6.07, 6.45) is 3.72. The first kappa shape index (κ1) is 14.5. The van der Waals surface area contributed by atoms with E-state index < -0.39 is 0 Å². The highest BCUT2D eigenvalue weighted by atomic mass is 16.5. The first-order valence-corrected chi connectivity index (χ1v) is 6.61. The van der Waals surface area contributed by atoms with Gasteiger partial charge in [0.05, 0.1) is 12.6 Å². The van der Waals surface area contributed by atoms with Crippen LogP contribution in [-0.4, -0.2) is 31.7 Å². The summed E-state index contributed by atoms with van der Waals surface area (Å²) in [5, 5.41) is 3.06. The Balaban J connectivity index is 2.45. The molecule has 4 nitrogen and oxygen atoms in total. The Bertz CT molecular complexity index is 236. The summed E-state index contributed by atoms with van der Waals surface area (Å²) in [6, 6.07) is 0.304. The van der Waals surface area contributed by atoms with E-state index in [1.165, 1.54) is 0 Å². The highest BCUT2D eigenvalue weighted by Gasteiger charge is 2.29. The lowest BCUT2D eigenvalue weighted by Crippen LogP contribution is -2.45. The van der Waals surface area contributed by atoms with E-state index in [9.17, 15) is 4.79 Å². The van der Waals surface area contributed by atoms with E-state index in [2.05, 4.69) is 19.2 Å². The lowest BCUT2D eigenvalue weighted by Gasteiger charge is -2.31. The van der Waals surface area contributed by atoms with Gasteiger partial charge in [-0.1, -0.05) is 13.8 Å². The van der Waals surface area contributed by atoms with Gasteiger partial charge in [-0.2, -0.15) is 0 Å². The Morgan fingerprint density at radius 2 is 2.18 bits per heavy atom. The Morgan fingerprint density at radius 1 is 1.47 bits per heavy atom. The number of amides is 1. The van der Waals surface area contributed by atoms with Crippen LogP contribution in [-0.2, 0) is 9.53 Å². The van der Waals surface area contributed by atoms with E-state index in [0.717, 1.165) is 25.7 Å². The van der Waals surface area contributed by atoms with Crippen molar-refractivity contribution < 1.29 is 9.53 Å². The quantitative estimate of drug-likeness (QED) is 0.763. The van der Waals surface area contributed by atoms with E-state index in [1.807, 2.05) is 0 Å². The predicted octanol–water partition coefficient (Wildman–Crippen LogP) is 1.29. The fourth-order valence-electron chi connectivity index (χ4n) is 2.65. The molecule has 1 fully saturated rings. The lowest BCUT2D eigenvalue weighted by molar-refractivity contribution is -0.127. The third-order valence-corrected chi connectivity index (χ3v) is 3.56. The van der Waals surface area contributed by atoms with Crippen molar-refractivity contribution in [3.63, 3.8) is 0 Å². The van der Waals surface area contributed by atoms with Gasteiger partial charge in [0.15, 0.2) is 0 Å². The largest absolute Gasteiger partial charge is 0.383 e. The molecule has 0 spiro atoms. The maximum atomic E-state index is 12.1. The molecule has 0 heterocycles. The first-order valence-electron chi connectivity index (χ1n) is 6.61. The molecular weight excluding hydrogens is 216 g/mol. The number of rotatable bonds is 5.